The average molecular weight is 253 g/mol. The highest BCUT2D eigenvalue weighted by molar-refractivity contribution is 5.86. The number of nitrogens with zero attached hydrogens (tertiary/aromatic N) is 1. The lowest BCUT2D eigenvalue weighted by Gasteiger charge is -2.02. The van der Waals surface area contributed by atoms with Crippen molar-refractivity contribution in [2.75, 3.05) is 5.73 Å². The summed E-state index contributed by atoms with van der Waals surface area (Å²) in [5.41, 5.74) is 8.07. The van der Waals surface area contributed by atoms with Gasteiger partial charge in [-0.25, -0.2) is 0 Å². The highest BCUT2D eigenvalue weighted by atomic mass is 16.5. The van der Waals surface area contributed by atoms with Gasteiger partial charge in [0, 0.05) is 17.8 Å². The second-order valence-corrected chi connectivity index (χ2v) is 4.08. The number of pyridine rings is 1. The average Bonchev–Trinajstić information content (AvgIpc) is 2.82. The van der Waals surface area contributed by atoms with Crippen LogP contribution in [0.4, 0.5) is 5.82 Å². The fourth-order valence-electron chi connectivity index (χ4n) is 1.94. The van der Waals surface area contributed by atoms with Gasteiger partial charge in [-0.2, -0.15) is 0 Å². The molecular formula is C14H11N3O2. The molecule has 0 saturated carbocycles. The van der Waals surface area contributed by atoms with Gasteiger partial charge in [0.25, 0.3) is 0 Å². The molecule has 0 amide bonds. The van der Waals surface area contributed by atoms with Crippen LogP contribution in [0, 0.1) is 0 Å². The van der Waals surface area contributed by atoms with Gasteiger partial charge in [-0.3, -0.25) is 4.79 Å². The Kier molecular flexibility index (Phi) is 2.64. The van der Waals surface area contributed by atoms with E-state index in [1.807, 2.05) is 30.3 Å². The van der Waals surface area contributed by atoms with Gasteiger partial charge in [-0.15, -0.1) is 0 Å². The van der Waals surface area contributed by atoms with Crippen LogP contribution in [0.3, 0.4) is 0 Å². The zero-order chi connectivity index (χ0) is 13.2. The molecule has 0 atom stereocenters. The van der Waals surface area contributed by atoms with Crippen molar-refractivity contribution >= 4 is 5.82 Å². The summed E-state index contributed by atoms with van der Waals surface area (Å²) in [6.07, 6.45) is 1.58. The smallest absolute Gasteiger partial charge is 0.247 e. The molecule has 0 unspecified atom stereocenters. The topological polar surface area (TPSA) is 84.9 Å². The molecule has 94 valence electrons. The Hall–Kier alpha value is -2.82. The van der Waals surface area contributed by atoms with Crippen LogP contribution in [-0.2, 0) is 0 Å². The van der Waals surface area contributed by atoms with E-state index in [0.29, 0.717) is 11.6 Å². The van der Waals surface area contributed by atoms with Crippen LogP contribution in [0.5, 0.6) is 0 Å². The molecule has 1 aromatic carbocycles. The van der Waals surface area contributed by atoms with E-state index >= 15 is 0 Å². The second kappa shape index (κ2) is 4.45. The first-order chi connectivity index (χ1) is 9.25. The van der Waals surface area contributed by atoms with Gasteiger partial charge < -0.3 is 15.2 Å². The summed E-state index contributed by atoms with van der Waals surface area (Å²) >= 11 is 0. The van der Waals surface area contributed by atoms with Gasteiger partial charge in [0.2, 0.25) is 5.56 Å². The van der Waals surface area contributed by atoms with Crippen LogP contribution >= 0.6 is 0 Å². The Morgan fingerprint density at radius 1 is 1.05 bits per heavy atom. The second-order valence-electron chi connectivity index (χ2n) is 4.08. The van der Waals surface area contributed by atoms with Gasteiger partial charge in [-0.1, -0.05) is 35.5 Å². The first-order valence-electron chi connectivity index (χ1n) is 5.75. The summed E-state index contributed by atoms with van der Waals surface area (Å²) in [6.45, 7) is 0. The Morgan fingerprint density at radius 2 is 1.84 bits per heavy atom. The molecule has 0 radical (unpaired) electrons. The van der Waals surface area contributed by atoms with Crippen LogP contribution in [0.25, 0.3) is 22.5 Å². The fourth-order valence-corrected chi connectivity index (χ4v) is 1.94. The van der Waals surface area contributed by atoms with Gasteiger partial charge in [0.05, 0.1) is 5.56 Å². The standard InChI is InChI=1S/C14H11N3O2/c15-14-12(9-4-2-1-3-5-9)13(19-17-14)10-6-7-11(18)16-8-10/h1-8H,(H2,15,17)(H,16,18). The van der Waals surface area contributed by atoms with E-state index in [1.165, 1.54) is 6.07 Å². The predicted octanol–water partition coefficient (Wildman–Crippen LogP) is 2.28. The Bertz CT molecular complexity index is 739. The van der Waals surface area contributed by atoms with Crippen LogP contribution in [0.2, 0.25) is 0 Å². The monoisotopic (exact) mass is 253 g/mol. The molecule has 3 rings (SSSR count). The van der Waals surface area contributed by atoms with E-state index in [-0.39, 0.29) is 5.56 Å². The summed E-state index contributed by atoms with van der Waals surface area (Å²) in [7, 11) is 0. The molecule has 2 heterocycles. The first-order valence-corrected chi connectivity index (χ1v) is 5.75. The maximum Gasteiger partial charge on any atom is 0.247 e. The molecule has 3 aromatic rings. The minimum absolute atomic E-state index is 0.169. The van der Waals surface area contributed by atoms with Crippen LogP contribution < -0.4 is 11.3 Å². The number of aromatic amines is 1. The number of nitrogens with one attached hydrogen (secondary N) is 1. The van der Waals surface area contributed by atoms with E-state index < -0.39 is 0 Å². The molecule has 5 heteroatoms. The van der Waals surface area contributed by atoms with Crippen molar-refractivity contribution in [1.29, 1.82) is 0 Å². The largest absolute Gasteiger partial charge is 0.380 e. The number of anilines is 1. The van der Waals surface area contributed by atoms with Crippen molar-refractivity contribution in [2.45, 2.75) is 0 Å². The molecule has 3 N–H and O–H groups in total. The molecule has 0 aliphatic heterocycles. The van der Waals surface area contributed by atoms with Gasteiger partial charge in [-0.05, 0) is 11.6 Å². The minimum atomic E-state index is -0.169. The Labute approximate surface area is 108 Å². The molecule has 19 heavy (non-hydrogen) atoms. The highest BCUT2D eigenvalue weighted by Crippen LogP contribution is 2.35. The lowest BCUT2D eigenvalue weighted by molar-refractivity contribution is 0.436. The minimum Gasteiger partial charge on any atom is -0.380 e. The van der Waals surface area contributed by atoms with E-state index in [2.05, 4.69) is 10.1 Å². The van der Waals surface area contributed by atoms with E-state index in [0.717, 1.165) is 16.7 Å². The number of nitrogen functional groups attached to an aromatic ring is 1. The summed E-state index contributed by atoms with van der Waals surface area (Å²) in [5, 5.41) is 3.80. The van der Waals surface area contributed by atoms with Gasteiger partial charge in [0.15, 0.2) is 11.6 Å². The molecule has 0 bridgehead atoms. The number of benzene rings is 1. The van der Waals surface area contributed by atoms with Crippen molar-refractivity contribution in [1.82, 2.24) is 10.1 Å². The SMILES string of the molecule is Nc1noc(-c2ccc(=O)[nH]c2)c1-c1ccccc1. The van der Waals surface area contributed by atoms with Gasteiger partial charge >= 0.3 is 0 Å². The number of hydrogen-bond donors (Lipinski definition) is 2. The lowest BCUT2D eigenvalue weighted by Crippen LogP contribution is -2.01. The molecule has 0 fully saturated rings. The summed E-state index contributed by atoms with van der Waals surface area (Å²) in [5.74, 6) is 0.868. The third-order valence-electron chi connectivity index (χ3n) is 2.83. The zero-order valence-corrected chi connectivity index (χ0v) is 9.96. The number of H-pyrrole nitrogens is 1. The predicted molar refractivity (Wildman–Crippen MR) is 72.4 cm³/mol. The Morgan fingerprint density at radius 3 is 2.53 bits per heavy atom. The van der Waals surface area contributed by atoms with Crippen LogP contribution in [-0.4, -0.2) is 10.1 Å². The fraction of sp³-hybridized carbons (Fsp3) is 0. The maximum atomic E-state index is 11.1. The quantitative estimate of drug-likeness (QED) is 0.733. The number of rotatable bonds is 2. The maximum absolute atomic E-state index is 11.1. The molecular weight excluding hydrogens is 242 g/mol. The molecule has 0 saturated heterocycles. The number of nitrogens with two attached hydrogens (primary N) is 1. The zero-order valence-electron chi connectivity index (χ0n) is 9.96. The molecule has 0 aliphatic carbocycles. The van der Waals surface area contributed by atoms with E-state index in [9.17, 15) is 4.79 Å². The number of aromatic nitrogens is 2. The van der Waals surface area contributed by atoms with Crippen molar-refractivity contribution in [3.63, 3.8) is 0 Å². The third kappa shape index (κ3) is 2.01. The van der Waals surface area contributed by atoms with Crippen molar-refractivity contribution in [2.24, 2.45) is 0 Å². The van der Waals surface area contributed by atoms with Crippen LogP contribution in [0.1, 0.15) is 0 Å². The van der Waals surface area contributed by atoms with E-state index in [4.69, 9.17) is 10.3 Å². The molecule has 0 spiro atoms. The van der Waals surface area contributed by atoms with Crippen molar-refractivity contribution < 1.29 is 4.52 Å². The van der Waals surface area contributed by atoms with E-state index in [1.54, 1.807) is 12.3 Å². The molecule has 2 aromatic heterocycles. The summed E-state index contributed by atoms with van der Waals surface area (Å²) in [4.78, 5) is 13.7. The molecule has 0 aliphatic rings. The normalized spacial score (nSPS) is 10.5. The summed E-state index contributed by atoms with van der Waals surface area (Å²) < 4.78 is 5.28. The van der Waals surface area contributed by atoms with Gasteiger partial charge in [0.1, 0.15) is 0 Å². The van der Waals surface area contributed by atoms with Crippen molar-refractivity contribution in [3.8, 4) is 22.5 Å². The first kappa shape index (κ1) is 11.3. The summed E-state index contributed by atoms with van der Waals surface area (Å²) in [6, 6.07) is 12.7. The highest BCUT2D eigenvalue weighted by Gasteiger charge is 2.17. The van der Waals surface area contributed by atoms with Crippen LogP contribution in [0.15, 0.2) is 58.0 Å². The van der Waals surface area contributed by atoms with Crippen molar-refractivity contribution in [3.05, 3.63) is 59.0 Å². The third-order valence-corrected chi connectivity index (χ3v) is 2.83. The number of hydrogen-bond acceptors (Lipinski definition) is 4. The molecule has 5 nitrogen and oxygen atoms in total. The Balaban J connectivity index is 2.19. The lowest BCUT2D eigenvalue weighted by atomic mass is 10.0.